The molecule has 0 unspecified atom stereocenters. The summed E-state index contributed by atoms with van der Waals surface area (Å²) in [7, 11) is 0. The second-order valence-electron chi connectivity index (χ2n) is 3.30. The molecule has 0 bridgehead atoms. The fraction of sp³-hybridized carbons (Fsp3) is 0.200. The number of nitrogens with zero attached hydrogens (tertiary/aromatic N) is 2. The molecule has 0 atom stereocenters. The summed E-state index contributed by atoms with van der Waals surface area (Å²) in [6, 6.07) is 5.85. The number of benzene rings is 1. The molecule has 0 heterocycles. The third-order valence-corrected chi connectivity index (χ3v) is 1.87. The first-order valence-electron chi connectivity index (χ1n) is 4.74. The van der Waals surface area contributed by atoms with Crippen molar-refractivity contribution in [3.05, 3.63) is 34.4 Å². The van der Waals surface area contributed by atoms with Gasteiger partial charge in [0.25, 0.3) is 5.91 Å². The van der Waals surface area contributed by atoms with Gasteiger partial charge in [-0.1, -0.05) is 6.07 Å². The minimum Gasteiger partial charge on any atom is -0.326 e. The molecule has 0 spiro atoms. The van der Waals surface area contributed by atoms with Gasteiger partial charge in [0.2, 0.25) is 5.91 Å². The normalized spacial score (nSPS) is 9.53. The summed E-state index contributed by atoms with van der Waals surface area (Å²) in [5.74, 6) is -1.01. The smallest absolute Gasteiger partial charge is 0.286 e. The molecule has 7 heteroatoms. The molecule has 0 radical (unpaired) electrons. The predicted octanol–water partition coefficient (Wildman–Crippen LogP) is 1.19. The fourth-order valence-electron chi connectivity index (χ4n) is 1.31. The Morgan fingerprint density at radius 2 is 2.00 bits per heavy atom. The summed E-state index contributed by atoms with van der Waals surface area (Å²) in [6.45, 7) is 2.41. The van der Waals surface area contributed by atoms with Crippen molar-refractivity contribution in [3.63, 3.8) is 0 Å². The van der Waals surface area contributed by atoms with Gasteiger partial charge in [0.1, 0.15) is 5.69 Å². The topological polar surface area (TPSA) is 92.6 Å². The van der Waals surface area contributed by atoms with Crippen LogP contribution in [0.1, 0.15) is 13.8 Å². The van der Waals surface area contributed by atoms with Crippen molar-refractivity contribution in [1.29, 1.82) is 0 Å². The molecule has 0 saturated carbocycles. The Balaban J connectivity index is 3.08. The molecule has 0 fully saturated rings. The molecule has 2 amide bonds. The molecule has 0 saturated heterocycles. The van der Waals surface area contributed by atoms with Gasteiger partial charge in [-0.25, -0.2) is 10.1 Å². The summed E-state index contributed by atoms with van der Waals surface area (Å²) in [4.78, 5) is 32.7. The molecule has 0 aliphatic heterocycles. The Morgan fingerprint density at radius 3 is 2.47 bits per heavy atom. The number of carbonyl (C=O) groups excluding carboxylic acids is 2. The van der Waals surface area contributed by atoms with Crippen LogP contribution in [0.4, 0.5) is 11.4 Å². The van der Waals surface area contributed by atoms with Crippen molar-refractivity contribution in [2.75, 3.05) is 10.3 Å². The maximum absolute atomic E-state index is 11.1. The summed E-state index contributed by atoms with van der Waals surface area (Å²) in [5.41, 5.74) is 0.483. The molecule has 0 aromatic heterocycles. The Hall–Kier alpha value is -2.44. The van der Waals surface area contributed by atoms with E-state index in [9.17, 15) is 19.7 Å². The molecule has 90 valence electrons. The highest BCUT2D eigenvalue weighted by Gasteiger charge is 2.22. The van der Waals surface area contributed by atoms with E-state index in [0.717, 1.165) is 6.92 Å². The average molecular weight is 237 g/mol. The summed E-state index contributed by atoms with van der Waals surface area (Å²) < 4.78 is 0. The van der Waals surface area contributed by atoms with Gasteiger partial charge < -0.3 is 5.32 Å². The molecule has 0 aliphatic rings. The Bertz CT molecular complexity index is 458. The third kappa shape index (κ3) is 3.26. The van der Waals surface area contributed by atoms with E-state index in [0.29, 0.717) is 10.7 Å². The zero-order chi connectivity index (χ0) is 13.0. The first-order valence-corrected chi connectivity index (χ1v) is 4.74. The van der Waals surface area contributed by atoms with Crippen LogP contribution in [0, 0.1) is 10.1 Å². The van der Waals surface area contributed by atoms with Crippen LogP contribution in [0.2, 0.25) is 0 Å². The van der Waals surface area contributed by atoms with Crippen LogP contribution < -0.4 is 10.3 Å². The maximum atomic E-state index is 11.1. The van der Waals surface area contributed by atoms with Crippen LogP contribution in [-0.4, -0.2) is 16.8 Å². The van der Waals surface area contributed by atoms with E-state index in [-0.39, 0.29) is 11.6 Å². The van der Waals surface area contributed by atoms with E-state index >= 15 is 0 Å². The largest absolute Gasteiger partial charge is 0.326 e. The van der Waals surface area contributed by atoms with Crippen LogP contribution in [0.15, 0.2) is 24.3 Å². The number of anilines is 2. The molecule has 17 heavy (non-hydrogen) atoms. The van der Waals surface area contributed by atoms with Gasteiger partial charge in [0.05, 0.1) is 0 Å². The van der Waals surface area contributed by atoms with Gasteiger partial charge in [-0.2, -0.15) is 0 Å². The predicted molar refractivity (Wildman–Crippen MR) is 60.9 cm³/mol. The summed E-state index contributed by atoms with van der Waals surface area (Å²) in [5, 5.41) is 12.8. The quantitative estimate of drug-likeness (QED) is 0.631. The van der Waals surface area contributed by atoms with Crippen LogP contribution in [0.5, 0.6) is 0 Å². The minimum atomic E-state index is -0.810. The lowest BCUT2D eigenvalue weighted by Crippen LogP contribution is -2.34. The first-order chi connectivity index (χ1) is 7.91. The second kappa shape index (κ2) is 5.06. The highest BCUT2D eigenvalue weighted by molar-refractivity contribution is 5.92. The molecule has 1 rings (SSSR count). The first kappa shape index (κ1) is 12.6. The summed E-state index contributed by atoms with van der Waals surface area (Å²) >= 11 is 0. The van der Waals surface area contributed by atoms with Gasteiger partial charge in [-0.3, -0.25) is 9.59 Å². The van der Waals surface area contributed by atoms with Crippen molar-refractivity contribution in [2.24, 2.45) is 0 Å². The number of hydrazine groups is 1. The second-order valence-corrected chi connectivity index (χ2v) is 3.30. The fourth-order valence-corrected chi connectivity index (χ4v) is 1.31. The number of rotatable bonds is 3. The Labute approximate surface area is 97.1 Å². The highest BCUT2D eigenvalue weighted by Crippen LogP contribution is 2.19. The van der Waals surface area contributed by atoms with Gasteiger partial charge in [0, 0.05) is 19.5 Å². The maximum Gasteiger partial charge on any atom is 0.286 e. The number of amides is 2. The summed E-state index contributed by atoms with van der Waals surface area (Å²) in [6.07, 6.45) is 0. The van der Waals surface area contributed by atoms with E-state index in [4.69, 9.17) is 0 Å². The van der Waals surface area contributed by atoms with Gasteiger partial charge in [-0.15, -0.1) is 0 Å². The standard InChI is InChI=1S/C10H11N3O4/c1-7(14)11-9-4-3-5-10(6-9)12(8(2)15)13(16)17/h3-6H,1-2H3,(H,11,14). The lowest BCUT2D eigenvalue weighted by Gasteiger charge is -2.11. The van der Waals surface area contributed by atoms with Gasteiger partial charge in [-0.05, 0) is 23.2 Å². The molecule has 0 aliphatic carbocycles. The SMILES string of the molecule is CC(=O)Nc1cccc(N(C(C)=O)[N+](=O)[O-])c1. The lowest BCUT2D eigenvalue weighted by molar-refractivity contribution is -0.483. The van der Waals surface area contributed by atoms with Crippen molar-refractivity contribution in [1.82, 2.24) is 0 Å². The minimum absolute atomic E-state index is 0.0914. The zero-order valence-electron chi connectivity index (χ0n) is 9.34. The van der Waals surface area contributed by atoms with Crippen molar-refractivity contribution < 1.29 is 14.6 Å². The molecule has 1 N–H and O–H groups in total. The van der Waals surface area contributed by atoms with E-state index < -0.39 is 10.9 Å². The van der Waals surface area contributed by atoms with Crippen LogP contribution in [-0.2, 0) is 9.59 Å². The van der Waals surface area contributed by atoms with Crippen LogP contribution in [0.25, 0.3) is 0 Å². The average Bonchev–Trinajstić information content (AvgIpc) is 2.15. The molecular formula is C10H11N3O4. The van der Waals surface area contributed by atoms with E-state index in [1.807, 2.05) is 0 Å². The number of carbonyl (C=O) groups is 2. The van der Waals surface area contributed by atoms with Gasteiger partial charge in [0.15, 0.2) is 5.03 Å². The van der Waals surface area contributed by atoms with Crippen LogP contribution >= 0.6 is 0 Å². The van der Waals surface area contributed by atoms with E-state index in [2.05, 4.69) is 5.32 Å². The molecular weight excluding hydrogens is 226 g/mol. The molecule has 1 aromatic carbocycles. The number of hydrogen-bond acceptors (Lipinski definition) is 4. The highest BCUT2D eigenvalue weighted by atomic mass is 16.7. The van der Waals surface area contributed by atoms with Crippen molar-refractivity contribution in [2.45, 2.75) is 13.8 Å². The van der Waals surface area contributed by atoms with E-state index in [1.165, 1.54) is 25.1 Å². The van der Waals surface area contributed by atoms with E-state index in [1.54, 1.807) is 6.07 Å². The number of nitrogens with one attached hydrogen (secondary N) is 1. The number of hydrogen-bond donors (Lipinski definition) is 1. The monoisotopic (exact) mass is 237 g/mol. The van der Waals surface area contributed by atoms with Crippen molar-refractivity contribution in [3.8, 4) is 0 Å². The molecule has 1 aromatic rings. The van der Waals surface area contributed by atoms with Crippen molar-refractivity contribution >= 4 is 23.2 Å². The Kier molecular flexibility index (Phi) is 3.76. The number of nitro groups is 1. The van der Waals surface area contributed by atoms with Crippen LogP contribution in [0.3, 0.4) is 0 Å². The molecule has 7 nitrogen and oxygen atoms in total. The lowest BCUT2D eigenvalue weighted by atomic mass is 10.2. The Morgan fingerprint density at radius 1 is 1.35 bits per heavy atom. The third-order valence-electron chi connectivity index (χ3n) is 1.87. The van der Waals surface area contributed by atoms with Gasteiger partial charge >= 0.3 is 0 Å². The zero-order valence-corrected chi connectivity index (χ0v) is 9.34.